The van der Waals surface area contributed by atoms with Gasteiger partial charge in [-0.25, -0.2) is 0 Å². The van der Waals surface area contributed by atoms with Crippen LogP contribution in [0.4, 0.5) is 5.95 Å². The van der Waals surface area contributed by atoms with E-state index in [9.17, 15) is 4.79 Å². The predicted molar refractivity (Wildman–Crippen MR) is 77.0 cm³/mol. The molecule has 0 fully saturated rings. The summed E-state index contributed by atoms with van der Waals surface area (Å²) < 4.78 is 2.79. The van der Waals surface area contributed by atoms with Gasteiger partial charge in [0.15, 0.2) is 0 Å². The number of halogens is 1. The monoisotopic (exact) mass is 322 g/mol. The summed E-state index contributed by atoms with van der Waals surface area (Å²) >= 11 is 3.37. The topological polar surface area (TPSA) is 51.0 Å². The Hall–Kier alpha value is -1.69. The molecule has 2 rings (SSSR count). The molecule has 0 bridgehead atoms. The molecule has 1 heterocycles. The molecule has 0 radical (unpaired) electrons. The highest BCUT2D eigenvalue weighted by atomic mass is 79.9. The second-order valence-corrected chi connectivity index (χ2v) is 5.28. The lowest BCUT2D eigenvalue weighted by atomic mass is 10.1. The number of benzene rings is 1. The fourth-order valence-electron chi connectivity index (χ4n) is 1.70. The number of hydrogen-bond acceptors (Lipinski definition) is 3. The van der Waals surface area contributed by atoms with Crippen LogP contribution in [0.5, 0.6) is 0 Å². The van der Waals surface area contributed by atoms with Crippen LogP contribution in [-0.2, 0) is 18.3 Å². The highest BCUT2D eigenvalue weighted by Crippen LogP contribution is 2.14. The minimum atomic E-state index is -0.0159. The van der Waals surface area contributed by atoms with Gasteiger partial charge in [0.1, 0.15) is 5.82 Å². The number of aryl methyl sites for hydroxylation is 1. The molecule has 5 nitrogen and oxygen atoms in total. The molecule has 0 saturated carbocycles. The van der Waals surface area contributed by atoms with Crippen molar-refractivity contribution in [2.75, 3.05) is 11.9 Å². The van der Waals surface area contributed by atoms with Gasteiger partial charge in [0.05, 0.1) is 6.42 Å². The van der Waals surface area contributed by atoms with Crippen LogP contribution in [0.1, 0.15) is 11.4 Å². The number of likely N-dealkylation sites (N-methyl/N-ethyl adjacent to an activating group) is 1. The van der Waals surface area contributed by atoms with Crippen LogP contribution in [0.25, 0.3) is 0 Å². The smallest absolute Gasteiger partial charge is 0.233 e. The normalized spacial score (nSPS) is 10.5. The lowest BCUT2D eigenvalue weighted by Crippen LogP contribution is -2.30. The van der Waals surface area contributed by atoms with Crippen molar-refractivity contribution in [2.24, 2.45) is 7.05 Å². The lowest BCUT2D eigenvalue weighted by molar-refractivity contribution is -0.117. The Balaban J connectivity index is 2.11. The summed E-state index contributed by atoms with van der Waals surface area (Å²) in [5.41, 5.74) is 0.971. The van der Waals surface area contributed by atoms with Crippen molar-refractivity contribution in [3.63, 3.8) is 0 Å². The number of carbonyl (C=O) groups excluding carboxylic acids is 1. The van der Waals surface area contributed by atoms with Crippen molar-refractivity contribution >= 4 is 27.8 Å². The number of nitrogens with zero attached hydrogens (tertiary/aromatic N) is 4. The molecule has 0 aliphatic rings. The second kappa shape index (κ2) is 5.52. The van der Waals surface area contributed by atoms with Crippen molar-refractivity contribution < 1.29 is 4.79 Å². The molecule has 0 aliphatic heterocycles. The summed E-state index contributed by atoms with van der Waals surface area (Å²) in [7, 11) is 3.55. The largest absolute Gasteiger partial charge is 0.300 e. The molecule has 0 spiro atoms. The Bertz CT molecular complexity index is 591. The van der Waals surface area contributed by atoms with E-state index in [0.717, 1.165) is 15.9 Å². The molecule has 100 valence electrons. The number of aromatic nitrogens is 3. The first-order valence-electron chi connectivity index (χ1n) is 5.86. The summed E-state index contributed by atoms with van der Waals surface area (Å²) in [6.45, 7) is 1.85. The van der Waals surface area contributed by atoms with E-state index < -0.39 is 0 Å². The Kier molecular flexibility index (Phi) is 3.99. The molecule has 1 aromatic carbocycles. The Morgan fingerprint density at radius 3 is 2.47 bits per heavy atom. The minimum Gasteiger partial charge on any atom is -0.300 e. The fourth-order valence-corrected chi connectivity index (χ4v) is 1.96. The van der Waals surface area contributed by atoms with Gasteiger partial charge in [-0.05, 0) is 24.6 Å². The molecular weight excluding hydrogens is 308 g/mol. The van der Waals surface area contributed by atoms with E-state index in [0.29, 0.717) is 12.4 Å². The fraction of sp³-hybridized carbons (Fsp3) is 0.308. The summed E-state index contributed by atoms with van der Waals surface area (Å²) in [6.07, 6.45) is 0.343. The molecule has 19 heavy (non-hydrogen) atoms. The van der Waals surface area contributed by atoms with Gasteiger partial charge in [0.25, 0.3) is 0 Å². The van der Waals surface area contributed by atoms with E-state index >= 15 is 0 Å². The van der Waals surface area contributed by atoms with E-state index in [1.54, 1.807) is 11.6 Å². The first-order chi connectivity index (χ1) is 8.99. The van der Waals surface area contributed by atoms with Gasteiger partial charge in [-0.3, -0.25) is 9.69 Å². The molecule has 1 aromatic heterocycles. The number of amides is 1. The van der Waals surface area contributed by atoms with Crippen molar-refractivity contribution in [3.8, 4) is 0 Å². The van der Waals surface area contributed by atoms with E-state index in [1.165, 1.54) is 4.90 Å². The Labute approximate surface area is 120 Å². The van der Waals surface area contributed by atoms with Gasteiger partial charge >= 0.3 is 0 Å². The van der Waals surface area contributed by atoms with E-state index in [4.69, 9.17) is 0 Å². The summed E-state index contributed by atoms with van der Waals surface area (Å²) in [6, 6.07) is 7.71. The van der Waals surface area contributed by atoms with Gasteiger partial charge in [0, 0.05) is 18.6 Å². The number of hydrogen-bond donors (Lipinski definition) is 0. The van der Waals surface area contributed by atoms with Gasteiger partial charge in [-0.1, -0.05) is 28.1 Å². The van der Waals surface area contributed by atoms with Crippen molar-refractivity contribution in [2.45, 2.75) is 13.3 Å². The summed E-state index contributed by atoms with van der Waals surface area (Å²) in [5, 5.41) is 7.95. The highest BCUT2D eigenvalue weighted by Gasteiger charge is 2.17. The third kappa shape index (κ3) is 3.01. The molecule has 0 atom stereocenters. The van der Waals surface area contributed by atoms with Crippen molar-refractivity contribution in [3.05, 3.63) is 40.1 Å². The van der Waals surface area contributed by atoms with Gasteiger partial charge in [-0.2, -0.15) is 0 Å². The maximum absolute atomic E-state index is 12.2. The number of carbonyl (C=O) groups is 1. The Morgan fingerprint density at radius 2 is 1.95 bits per heavy atom. The third-order valence-electron chi connectivity index (χ3n) is 3.01. The minimum absolute atomic E-state index is 0.0159. The third-order valence-corrected chi connectivity index (χ3v) is 3.54. The molecular formula is C13H15BrN4O. The van der Waals surface area contributed by atoms with Crippen LogP contribution in [0, 0.1) is 6.92 Å². The van der Waals surface area contributed by atoms with Crippen LogP contribution in [0.3, 0.4) is 0 Å². The molecule has 1 amide bonds. The second-order valence-electron chi connectivity index (χ2n) is 4.36. The van der Waals surface area contributed by atoms with Gasteiger partial charge in [-0.15, -0.1) is 10.2 Å². The average Bonchev–Trinajstić information content (AvgIpc) is 2.72. The highest BCUT2D eigenvalue weighted by molar-refractivity contribution is 9.10. The quantitative estimate of drug-likeness (QED) is 0.869. The zero-order chi connectivity index (χ0) is 14.0. The van der Waals surface area contributed by atoms with Crippen LogP contribution < -0.4 is 4.90 Å². The number of anilines is 1. The standard InChI is InChI=1S/C13H15BrN4O/c1-9-15-16-13(17(9)2)18(3)12(19)8-10-4-6-11(14)7-5-10/h4-7H,8H2,1-3H3. The van der Waals surface area contributed by atoms with Crippen LogP contribution in [-0.4, -0.2) is 27.7 Å². The molecule has 0 saturated heterocycles. The molecule has 0 unspecified atom stereocenters. The SMILES string of the molecule is Cc1nnc(N(C)C(=O)Cc2ccc(Br)cc2)n1C. The van der Waals surface area contributed by atoms with Gasteiger partial charge < -0.3 is 4.57 Å². The van der Waals surface area contributed by atoms with E-state index in [-0.39, 0.29) is 5.91 Å². The predicted octanol–water partition coefficient (Wildman–Crippen LogP) is 2.09. The zero-order valence-electron chi connectivity index (χ0n) is 11.1. The Morgan fingerprint density at radius 1 is 1.32 bits per heavy atom. The molecule has 0 N–H and O–H groups in total. The van der Waals surface area contributed by atoms with Crippen LogP contribution in [0.2, 0.25) is 0 Å². The van der Waals surface area contributed by atoms with Crippen LogP contribution >= 0.6 is 15.9 Å². The maximum atomic E-state index is 12.2. The van der Waals surface area contributed by atoms with E-state index in [2.05, 4.69) is 26.1 Å². The lowest BCUT2D eigenvalue weighted by Gasteiger charge is -2.15. The van der Waals surface area contributed by atoms with E-state index in [1.807, 2.05) is 38.2 Å². The molecule has 2 aromatic rings. The zero-order valence-corrected chi connectivity index (χ0v) is 12.7. The first-order valence-corrected chi connectivity index (χ1v) is 6.65. The average molecular weight is 323 g/mol. The van der Waals surface area contributed by atoms with Crippen LogP contribution in [0.15, 0.2) is 28.7 Å². The first kappa shape index (κ1) is 13.7. The van der Waals surface area contributed by atoms with Crippen molar-refractivity contribution in [1.29, 1.82) is 0 Å². The molecule has 0 aliphatic carbocycles. The molecule has 6 heteroatoms. The summed E-state index contributed by atoms with van der Waals surface area (Å²) in [5.74, 6) is 1.32. The maximum Gasteiger partial charge on any atom is 0.233 e. The summed E-state index contributed by atoms with van der Waals surface area (Å²) in [4.78, 5) is 13.7. The van der Waals surface area contributed by atoms with Crippen molar-refractivity contribution in [1.82, 2.24) is 14.8 Å². The number of rotatable bonds is 3. The van der Waals surface area contributed by atoms with Gasteiger partial charge in [0.2, 0.25) is 11.9 Å².